The van der Waals surface area contributed by atoms with E-state index in [4.69, 9.17) is 0 Å². The normalized spacial score (nSPS) is 10.3. The van der Waals surface area contributed by atoms with Gasteiger partial charge in [0.25, 0.3) is 0 Å². The first-order valence-corrected chi connectivity index (χ1v) is 6.24. The Morgan fingerprint density at radius 1 is 0.895 bits per heavy atom. The maximum absolute atomic E-state index is 9.26. The highest BCUT2D eigenvalue weighted by atomic mass is 14.9. The van der Waals surface area contributed by atoms with Crippen molar-refractivity contribution in [3.05, 3.63) is 78.0 Å². The third-order valence-corrected chi connectivity index (χ3v) is 3.21. The molecule has 0 radical (unpaired) electrons. The van der Waals surface area contributed by atoms with Crippen LogP contribution < -0.4 is 4.57 Å². The number of hydrogen-bond donors (Lipinski definition) is 0. The Morgan fingerprint density at radius 3 is 2.47 bits per heavy atom. The molecule has 2 aromatic carbocycles. The van der Waals surface area contributed by atoms with Crippen LogP contribution in [-0.4, -0.2) is 0 Å². The Balaban J connectivity index is 2.17. The molecule has 0 saturated heterocycles. The Labute approximate surface area is 112 Å². The Morgan fingerprint density at radius 2 is 1.68 bits per heavy atom. The van der Waals surface area contributed by atoms with Crippen molar-refractivity contribution in [2.24, 2.45) is 0 Å². The van der Waals surface area contributed by atoms with Crippen molar-refractivity contribution < 1.29 is 4.57 Å². The second-order valence-electron chi connectivity index (χ2n) is 4.48. The molecule has 3 rings (SSSR count). The lowest BCUT2D eigenvalue weighted by molar-refractivity contribution is -0.662. The minimum Gasteiger partial charge on any atom is -0.193 e. The van der Waals surface area contributed by atoms with Crippen LogP contribution in [0.4, 0.5) is 0 Å². The van der Waals surface area contributed by atoms with Gasteiger partial charge >= 0.3 is 0 Å². The maximum Gasteiger partial charge on any atom is 0.230 e. The van der Waals surface area contributed by atoms with E-state index in [0.717, 1.165) is 17.4 Å². The third kappa shape index (κ3) is 2.19. The number of para-hydroxylation sites is 1. The summed E-state index contributed by atoms with van der Waals surface area (Å²) in [5.74, 6) is 0. The van der Waals surface area contributed by atoms with Crippen molar-refractivity contribution in [1.29, 1.82) is 5.26 Å². The van der Waals surface area contributed by atoms with E-state index < -0.39 is 0 Å². The summed E-state index contributed by atoms with van der Waals surface area (Å²) in [4.78, 5) is 0. The third-order valence-electron chi connectivity index (χ3n) is 3.21. The zero-order chi connectivity index (χ0) is 13.1. The minimum atomic E-state index is 0.717. The molecule has 0 bridgehead atoms. The molecule has 0 aliphatic rings. The minimum absolute atomic E-state index is 0.717. The number of fused-ring (bicyclic) bond motifs is 1. The van der Waals surface area contributed by atoms with Crippen molar-refractivity contribution in [3.8, 4) is 6.07 Å². The quantitative estimate of drug-likeness (QED) is 0.638. The summed E-state index contributed by atoms with van der Waals surface area (Å²) in [6.07, 6.45) is 2.02. The van der Waals surface area contributed by atoms with Crippen LogP contribution in [0.2, 0.25) is 0 Å². The lowest BCUT2D eigenvalue weighted by Crippen LogP contribution is -2.35. The molecular weight excluding hydrogens is 232 g/mol. The van der Waals surface area contributed by atoms with Gasteiger partial charge in [-0.3, -0.25) is 0 Å². The van der Waals surface area contributed by atoms with Crippen LogP contribution in [0.25, 0.3) is 10.9 Å². The lowest BCUT2D eigenvalue weighted by atomic mass is 10.1. The number of hydrogen-bond acceptors (Lipinski definition) is 1. The predicted octanol–water partition coefficient (Wildman–Crippen LogP) is 3.05. The van der Waals surface area contributed by atoms with Crippen LogP contribution in [0.15, 0.2) is 66.9 Å². The van der Waals surface area contributed by atoms with Crippen molar-refractivity contribution in [2.75, 3.05) is 0 Å². The fraction of sp³-hybridized carbons (Fsp3) is 0.0588. The lowest BCUT2D eigenvalue weighted by Gasteiger charge is -2.02. The van der Waals surface area contributed by atoms with Crippen LogP contribution >= 0.6 is 0 Å². The first kappa shape index (κ1) is 11.4. The Kier molecular flexibility index (Phi) is 2.96. The molecule has 1 heterocycles. The number of nitriles is 1. The molecule has 0 spiro atoms. The van der Waals surface area contributed by atoms with E-state index in [2.05, 4.69) is 22.8 Å². The molecule has 0 aliphatic heterocycles. The molecule has 2 nitrogen and oxygen atoms in total. The van der Waals surface area contributed by atoms with Gasteiger partial charge in [0.05, 0.1) is 0 Å². The van der Waals surface area contributed by atoms with E-state index in [9.17, 15) is 5.26 Å². The number of rotatable bonds is 2. The van der Waals surface area contributed by atoms with E-state index >= 15 is 0 Å². The van der Waals surface area contributed by atoms with Gasteiger partial charge in [-0.15, -0.1) is 0 Å². The van der Waals surface area contributed by atoms with Gasteiger partial charge in [0.2, 0.25) is 5.52 Å². The maximum atomic E-state index is 9.26. The van der Waals surface area contributed by atoms with E-state index in [0.29, 0.717) is 5.56 Å². The van der Waals surface area contributed by atoms with Crippen LogP contribution in [0.3, 0.4) is 0 Å². The van der Waals surface area contributed by atoms with Crippen molar-refractivity contribution in [3.63, 3.8) is 0 Å². The van der Waals surface area contributed by atoms with Crippen LogP contribution in [0, 0.1) is 11.3 Å². The molecule has 0 fully saturated rings. The average Bonchev–Trinajstić information content (AvgIpc) is 2.48. The summed E-state index contributed by atoms with van der Waals surface area (Å²) in [5, 5.41) is 10.4. The molecule has 0 unspecified atom stereocenters. The summed E-state index contributed by atoms with van der Waals surface area (Å²) in [6, 6.07) is 22.4. The zero-order valence-electron chi connectivity index (χ0n) is 10.5. The largest absolute Gasteiger partial charge is 0.230 e. The number of aromatic nitrogens is 1. The van der Waals surface area contributed by atoms with E-state index in [-0.39, 0.29) is 0 Å². The van der Waals surface area contributed by atoms with E-state index in [1.54, 1.807) is 0 Å². The molecular formula is C17H13N2+. The summed E-state index contributed by atoms with van der Waals surface area (Å²) in [6.45, 7) is 0.775. The van der Waals surface area contributed by atoms with Crippen LogP contribution in [0.1, 0.15) is 11.1 Å². The predicted molar refractivity (Wildman–Crippen MR) is 74.4 cm³/mol. The van der Waals surface area contributed by atoms with Gasteiger partial charge in [0.1, 0.15) is 11.6 Å². The first-order valence-electron chi connectivity index (χ1n) is 6.24. The molecule has 3 aromatic rings. The van der Waals surface area contributed by atoms with Gasteiger partial charge in [-0.05, 0) is 18.2 Å². The van der Waals surface area contributed by atoms with Crippen molar-refractivity contribution in [1.82, 2.24) is 0 Å². The highest BCUT2D eigenvalue weighted by Gasteiger charge is 2.13. The van der Waals surface area contributed by atoms with Gasteiger partial charge in [0, 0.05) is 17.0 Å². The molecule has 0 atom stereocenters. The molecule has 0 N–H and O–H groups in total. The van der Waals surface area contributed by atoms with Gasteiger partial charge in [0.15, 0.2) is 12.7 Å². The molecule has 19 heavy (non-hydrogen) atoms. The number of benzene rings is 2. The second-order valence-corrected chi connectivity index (χ2v) is 4.48. The summed E-state index contributed by atoms with van der Waals surface area (Å²) in [7, 11) is 0. The average molecular weight is 245 g/mol. The van der Waals surface area contributed by atoms with Crippen LogP contribution in [-0.2, 0) is 6.54 Å². The summed E-state index contributed by atoms with van der Waals surface area (Å²) >= 11 is 0. The van der Waals surface area contributed by atoms with Gasteiger partial charge in [-0.1, -0.05) is 36.4 Å². The van der Waals surface area contributed by atoms with Gasteiger partial charge < -0.3 is 0 Å². The molecule has 0 aliphatic carbocycles. The standard InChI is InChI=1S/C17H13N2/c18-12-16-9-4-8-15-10-5-11-19(17(15)16)13-14-6-2-1-3-7-14/h1-11H,13H2/q+1. The Hall–Kier alpha value is -2.66. The second kappa shape index (κ2) is 4.91. The Bertz CT molecular complexity index is 750. The molecule has 2 heteroatoms. The summed E-state index contributed by atoms with van der Waals surface area (Å²) in [5.41, 5.74) is 2.94. The van der Waals surface area contributed by atoms with Gasteiger partial charge in [-0.25, -0.2) is 0 Å². The fourth-order valence-electron chi connectivity index (χ4n) is 2.34. The first-order chi connectivity index (χ1) is 9.38. The number of pyridine rings is 1. The summed E-state index contributed by atoms with van der Waals surface area (Å²) < 4.78 is 2.13. The SMILES string of the molecule is N#Cc1cccc2ccc[n+](Cc3ccccc3)c12. The highest BCUT2D eigenvalue weighted by molar-refractivity contribution is 5.80. The topological polar surface area (TPSA) is 27.7 Å². The van der Waals surface area contributed by atoms with E-state index in [1.165, 1.54) is 5.56 Å². The van der Waals surface area contributed by atoms with E-state index in [1.807, 2.05) is 54.7 Å². The smallest absolute Gasteiger partial charge is 0.193 e. The molecule has 0 saturated carbocycles. The van der Waals surface area contributed by atoms with Crippen LogP contribution in [0.5, 0.6) is 0 Å². The van der Waals surface area contributed by atoms with Gasteiger partial charge in [-0.2, -0.15) is 9.83 Å². The molecule has 1 aromatic heterocycles. The molecule has 90 valence electrons. The zero-order valence-corrected chi connectivity index (χ0v) is 10.5. The fourth-order valence-corrected chi connectivity index (χ4v) is 2.34. The van der Waals surface area contributed by atoms with Crippen molar-refractivity contribution in [2.45, 2.75) is 6.54 Å². The highest BCUT2D eigenvalue weighted by Crippen LogP contribution is 2.14. The van der Waals surface area contributed by atoms with Crippen molar-refractivity contribution >= 4 is 10.9 Å². The molecule has 0 amide bonds. The monoisotopic (exact) mass is 245 g/mol. The number of nitrogens with zero attached hydrogens (tertiary/aromatic N) is 2.